The molecule has 1 aliphatic heterocycles. The van der Waals surface area contributed by atoms with Gasteiger partial charge >= 0.3 is 0 Å². The van der Waals surface area contributed by atoms with Crippen LogP contribution in [0.5, 0.6) is 0 Å². The molecule has 2 aliphatic rings. The summed E-state index contributed by atoms with van der Waals surface area (Å²) in [7, 11) is -0.689. The molecule has 0 radical (unpaired) electrons. The van der Waals surface area contributed by atoms with Gasteiger partial charge in [0, 0.05) is 60.1 Å². The third-order valence-electron chi connectivity index (χ3n) is 5.06. The lowest BCUT2D eigenvalue weighted by molar-refractivity contribution is 0.0893. The number of nitrogens with one attached hydrogen (secondary N) is 2. The molecule has 2 N–H and O–H groups in total. The van der Waals surface area contributed by atoms with Gasteiger partial charge in [-0.15, -0.1) is 24.0 Å². The Kier molecular flexibility index (Phi) is 13.9. The standard InChI is InChI=1S/C19H37N3O3S.HI/c1-3-20-19(21-10-6-11-24-14-16-9-12-25-15-16)22-17-7-5-8-18(13-17)26(23)4-2;/h16-18H,3-15H2,1-2H3,(H2,20,21,22);1H. The first kappa shape index (κ1) is 25.1. The van der Waals surface area contributed by atoms with Crippen molar-refractivity contribution >= 4 is 40.7 Å². The average molecular weight is 516 g/mol. The number of halogens is 1. The lowest BCUT2D eigenvalue weighted by Gasteiger charge is -2.30. The van der Waals surface area contributed by atoms with Gasteiger partial charge in [-0.1, -0.05) is 13.3 Å². The number of hydrogen-bond acceptors (Lipinski definition) is 4. The predicted molar refractivity (Wildman–Crippen MR) is 124 cm³/mol. The predicted octanol–water partition coefficient (Wildman–Crippen LogP) is 2.68. The molecule has 2 fully saturated rings. The molecule has 27 heavy (non-hydrogen) atoms. The zero-order valence-electron chi connectivity index (χ0n) is 16.9. The highest BCUT2D eigenvalue weighted by molar-refractivity contribution is 14.0. The second-order valence-corrected chi connectivity index (χ2v) is 9.22. The van der Waals surface area contributed by atoms with Gasteiger partial charge in [-0.3, -0.25) is 9.20 Å². The molecular formula is C19H38IN3O3S. The van der Waals surface area contributed by atoms with E-state index in [1.54, 1.807) is 0 Å². The van der Waals surface area contributed by atoms with Crippen molar-refractivity contribution in [1.82, 2.24) is 10.6 Å². The molecule has 1 aliphatic carbocycles. The normalized spacial score (nSPS) is 27.0. The fraction of sp³-hybridized carbons (Fsp3) is 0.947. The Morgan fingerprint density at radius 3 is 2.85 bits per heavy atom. The van der Waals surface area contributed by atoms with Crippen molar-refractivity contribution in [3.05, 3.63) is 0 Å². The molecule has 1 saturated carbocycles. The SMILES string of the molecule is CCNC(=NCCCOCC1CCOC1)NC1CCCC(S(=O)CC)C1.I. The van der Waals surface area contributed by atoms with E-state index in [-0.39, 0.29) is 24.0 Å². The van der Waals surface area contributed by atoms with Gasteiger partial charge in [0.05, 0.1) is 13.2 Å². The van der Waals surface area contributed by atoms with Crippen LogP contribution >= 0.6 is 24.0 Å². The van der Waals surface area contributed by atoms with E-state index in [1.807, 2.05) is 6.92 Å². The van der Waals surface area contributed by atoms with E-state index in [0.29, 0.717) is 17.2 Å². The van der Waals surface area contributed by atoms with E-state index in [0.717, 1.165) is 89.8 Å². The Morgan fingerprint density at radius 1 is 1.30 bits per heavy atom. The number of ether oxygens (including phenoxy) is 2. The Labute approximate surface area is 184 Å². The summed E-state index contributed by atoms with van der Waals surface area (Å²) in [6.45, 7) is 8.98. The number of hydrogen-bond donors (Lipinski definition) is 2. The largest absolute Gasteiger partial charge is 0.381 e. The second kappa shape index (κ2) is 15.0. The van der Waals surface area contributed by atoms with Crippen molar-refractivity contribution in [2.24, 2.45) is 10.9 Å². The lowest BCUT2D eigenvalue weighted by Crippen LogP contribution is -2.46. The quantitative estimate of drug-likeness (QED) is 0.203. The molecule has 160 valence electrons. The minimum atomic E-state index is -0.689. The van der Waals surface area contributed by atoms with E-state index in [1.165, 1.54) is 0 Å². The highest BCUT2D eigenvalue weighted by Crippen LogP contribution is 2.23. The van der Waals surface area contributed by atoms with Crippen LogP contribution in [-0.4, -0.2) is 66.7 Å². The Balaban J connectivity index is 0.00000364. The van der Waals surface area contributed by atoms with Crippen LogP contribution in [0.25, 0.3) is 0 Å². The maximum atomic E-state index is 12.1. The monoisotopic (exact) mass is 515 g/mol. The van der Waals surface area contributed by atoms with Gasteiger partial charge in [0.2, 0.25) is 0 Å². The summed E-state index contributed by atoms with van der Waals surface area (Å²) in [4.78, 5) is 4.68. The Morgan fingerprint density at radius 2 is 2.15 bits per heavy atom. The molecule has 8 heteroatoms. The molecular weight excluding hydrogens is 477 g/mol. The van der Waals surface area contributed by atoms with Gasteiger partial charge in [0.1, 0.15) is 0 Å². The molecule has 0 aromatic carbocycles. The van der Waals surface area contributed by atoms with Crippen LogP contribution in [-0.2, 0) is 20.3 Å². The minimum absolute atomic E-state index is 0. The van der Waals surface area contributed by atoms with Crippen LogP contribution in [0.1, 0.15) is 52.4 Å². The number of aliphatic imine (C=N–C) groups is 1. The van der Waals surface area contributed by atoms with Crippen molar-refractivity contribution in [3.63, 3.8) is 0 Å². The summed E-state index contributed by atoms with van der Waals surface area (Å²) >= 11 is 0. The molecule has 0 aromatic rings. The summed E-state index contributed by atoms with van der Waals surface area (Å²) in [5.74, 6) is 2.22. The van der Waals surface area contributed by atoms with Gasteiger partial charge in [-0.05, 0) is 39.0 Å². The van der Waals surface area contributed by atoms with Crippen LogP contribution < -0.4 is 10.6 Å². The van der Waals surface area contributed by atoms with Crippen molar-refractivity contribution < 1.29 is 13.7 Å². The van der Waals surface area contributed by atoms with Gasteiger partial charge in [0.15, 0.2) is 5.96 Å². The topological polar surface area (TPSA) is 72.0 Å². The fourth-order valence-electron chi connectivity index (χ4n) is 3.59. The highest BCUT2D eigenvalue weighted by Gasteiger charge is 2.26. The van der Waals surface area contributed by atoms with Crippen LogP contribution in [0, 0.1) is 5.92 Å². The first-order valence-corrected chi connectivity index (χ1v) is 11.7. The number of nitrogens with zero attached hydrogens (tertiary/aromatic N) is 1. The van der Waals surface area contributed by atoms with E-state index in [4.69, 9.17) is 9.47 Å². The molecule has 6 nitrogen and oxygen atoms in total. The Hall–Kier alpha value is 0.0700. The second-order valence-electron chi connectivity index (χ2n) is 7.22. The van der Waals surface area contributed by atoms with Gasteiger partial charge < -0.3 is 20.1 Å². The van der Waals surface area contributed by atoms with Crippen LogP contribution in [0.3, 0.4) is 0 Å². The zero-order valence-corrected chi connectivity index (χ0v) is 20.1. The molecule has 4 atom stereocenters. The summed E-state index contributed by atoms with van der Waals surface area (Å²) in [6, 6.07) is 0.376. The van der Waals surface area contributed by atoms with Gasteiger partial charge in [-0.25, -0.2) is 0 Å². The van der Waals surface area contributed by atoms with Crippen molar-refractivity contribution in [2.45, 2.75) is 63.7 Å². The zero-order chi connectivity index (χ0) is 18.6. The summed E-state index contributed by atoms with van der Waals surface area (Å²) in [5, 5.41) is 7.21. The first-order valence-electron chi connectivity index (χ1n) is 10.3. The fourth-order valence-corrected chi connectivity index (χ4v) is 4.93. The van der Waals surface area contributed by atoms with Gasteiger partial charge in [-0.2, -0.15) is 0 Å². The lowest BCUT2D eigenvalue weighted by atomic mass is 9.95. The maximum absolute atomic E-state index is 12.1. The molecule has 4 unspecified atom stereocenters. The van der Waals surface area contributed by atoms with Crippen molar-refractivity contribution in [1.29, 1.82) is 0 Å². The van der Waals surface area contributed by atoms with Gasteiger partial charge in [0.25, 0.3) is 0 Å². The molecule has 0 aromatic heterocycles. The van der Waals surface area contributed by atoms with E-state index in [2.05, 4.69) is 22.5 Å². The minimum Gasteiger partial charge on any atom is -0.381 e. The average Bonchev–Trinajstić information content (AvgIpc) is 3.17. The van der Waals surface area contributed by atoms with E-state index < -0.39 is 10.8 Å². The summed E-state index contributed by atoms with van der Waals surface area (Å²) in [6.07, 6.45) is 6.41. The van der Waals surface area contributed by atoms with Crippen LogP contribution in [0.4, 0.5) is 0 Å². The van der Waals surface area contributed by atoms with Crippen LogP contribution in [0.2, 0.25) is 0 Å². The van der Waals surface area contributed by atoms with Crippen molar-refractivity contribution in [2.75, 3.05) is 45.3 Å². The third-order valence-corrected chi connectivity index (χ3v) is 6.80. The summed E-state index contributed by atoms with van der Waals surface area (Å²) < 4.78 is 23.2. The number of rotatable bonds is 10. The third kappa shape index (κ3) is 9.89. The molecule has 0 amide bonds. The van der Waals surface area contributed by atoms with Crippen LogP contribution in [0.15, 0.2) is 4.99 Å². The molecule has 1 saturated heterocycles. The summed E-state index contributed by atoms with van der Waals surface area (Å²) in [5.41, 5.74) is 0. The van der Waals surface area contributed by atoms with E-state index in [9.17, 15) is 4.21 Å². The molecule has 0 spiro atoms. The number of guanidine groups is 1. The Bertz CT molecular complexity index is 448. The highest BCUT2D eigenvalue weighted by atomic mass is 127. The van der Waals surface area contributed by atoms with Crippen molar-refractivity contribution in [3.8, 4) is 0 Å². The molecule has 0 bridgehead atoms. The molecule has 2 rings (SSSR count). The van der Waals surface area contributed by atoms with E-state index >= 15 is 0 Å². The maximum Gasteiger partial charge on any atom is 0.191 e. The molecule has 1 heterocycles. The first-order chi connectivity index (χ1) is 12.7. The smallest absolute Gasteiger partial charge is 0.191 e.